The molecule has 0 aromatic heterocycles. The Hall–Kier alpha value is -3.21. The summed E-state index contributed by atoms with van der Waals surface area (Å²) in [5.74, 6) is -1.35. The van der Waals surface area contributed by atoms with E-state index in [4.69, 9.17) is 5.26 Å². The summed E-state index contributed by atoms with van der Waals surface area (Å²) in [5.41, 5.74) is -7.66. The second-order valence-corrected chi connectivity index (χ2v) is 11.1. The van der Waals surface area contributed by atoms with Crippen molar-refractivity contribution in [2.45, 2.75) is 65.8 Å². The predicted octanol–water partition coefficient (Wildman–Crippen LogP) is 5.76. The lowest BCUT2D eigenvalue weighted by Gasteiger charge is -2.40. The van der Waals surface area contributed by atoms with Crippen LogP contribution in [0, 0.1) is 17.1 Å². The van der Waals surface area contributed by atoms with E-state index in [0.717, 1.165) is 24.3 Å². The van der Waals surface area contributed by atoms with E-state index in [1.165, 1.54) is 0 Å². The van der Waals surface area contributed by atoms with Crippen molar-refractivity contribution < 1.29 is 48.3 Å². The molecule has 1 aliphatic rings. The average Bonchev–Trinajstić information content (AvgIpc) is 2.83. The van der Waals surface area contributed by atoms with Gasteiger partial charge in [0.25, 0.3) is 0 Å². The van der Waals surface area contributed by atoms with Crippen LogP contribution in [0.4, 0.5) is 35.1 Å². The summed E-state index contributed by atoms with van der Waals surface area (Å²) >= 11 is 0. The maximum absolute atomic E-state index is 14.5. The van der Waals surface area contributed by atoms with Crippen molar-refractivity contribution >= 4 is 15.7 Å². The summed E-state index contributed by atoms with van der Waals surface area (Å²) in [6.45, 7) is 0. The normalized spacial score (nSPS) is 21.0. The van der Waals surface area contributed by atoms with Crippen molar-refractivity contribution in [3.8, 4) is 6.07 Å². The highest BCUT2D eigenvalue weighted by atomic mass is 32.2. The molecular weight excluding hydrogens is 548 g/mol. The fourth-order valence-corrected chi connectivity index (χ4v) is 6.79. The van der Waals surface area contributed by atoms with Crippen LogP contribution in [0.3, 0.4) is 0 Å². The van der Waals surface area contributed by atoms with Crippen LogP contribution in [0.25, 0.3) is 0 Å². The first-order valence-corrected chi connectivity index (χ1v) is 12.6. The smallest absolute Gasteiger partial charge is 0.352 e. The second kappa shape index (κ2) is 10.2. The molecule has 206 valence electrons. The van der Waals surface area contributed by atoms with E-state index >= 15 is 0 Å². The Morgan fingerprint density at radius 3 is 1.87 bits per heavy atom. The molecule has 0 bridgehead atoms. The van der Waals surface area contributed by atoms with Crippen molar-refractivity contribution in [3.63, 3.8) is 0 Å². The van der Waals surface area contributed by atoms with Crippen molar-refractivity contribution in [1.82, 2.24) is 5.32 Å². The average molecular weight is 568 g/mol. The van der Waals surface area contributed by atoms with Crippen LogP contribution in [-0.4, -0.2) is 32.7 Å². The molecule has 1 N–H and O–H groups in total. The number of halogens is 8. The lowest BCUT2D eigenvalue weighted by molar-refractivity contribution is -0.348. The molecule has 0 spiro atoms. The van der Waals surface area contributed by atoms with E-state index in [9.17, 15) is 48.3 Å². The first-order chi connectivity index (χ1) is 17.5. The topological polar surface area (TPSA) is 87.0 Å². The van der Waals surface area contributed by atoms with Gasteiger partial charge in [0.05, 0.1) is 11.0 Å². The lowest BCUT2D eigenvalue weighted by atomic mass is 9.80. The second-order valence-electron chi connectivity index (χ2n) is 8.86. The monoisotopic (exact) mass is 568 g/mol. The number of nitriles is 1. The van der Waals surface area contributed by atoms with E-state index in [1.54, 1.807) is 6.07 Å². The number of amides is 1. The highest BCUT2D eigenvalue weighted by Gasteiger charge is 2.73. The van der Waals surface area contributed by atoms with Crippen LogP contribution in [0.2, 0.25) is 0 Å². The van der Waals surface area contributed by atoms with Crippen LogP contribution in [0.1, 0.15) is 43.2 Å². The Balaban J connectivity index is 2.09. The molecule has 0 atom stereocenters. The zero-order chi connectivity index (χ0) is 28.6. The van der Waals surface area contributed by atoms with Crippen molar-refractivity contribution in [2.24, 2.45) is 0 Å². The number of carbonyl (C=O) groups excluding carboxylic acids is 1. The highest BCUT2D eigenvalue weighted by molar-refractivity contribution is 7.92. The fourth-order valence-electron chi connectivity index (χ4n) is 4.62. The minimum Gasteiger partial charge on any atom is -0.352 e. The highest BCUT2D eigenvalue weighted by Crippen LogP contribution is 2.54. The molecule has 3 rings (SSSR count). The van der Waals surface area contributed by atoms with Gasteiger partial charge in [-0.1, -0.05) is 24.3 Å². The maximum atomic E-state index is 14.5. The van der Waals surface area contributed by atoms with Gasteiger partial charge in [0, 0.05) is 11.6 Å². The quantitative estimate of drug-likeness (QED) is 0.355. The van der Waals surface area contributed by atoms with Crippen molar-refractivity contribution in [3.05, 3.63) is 65.5 Å². The summed E-state index contributed by atoms with van der Waals surface area (Å²) in [6.07, 6.45) is -13.5. The number of sulfone groups is 1. The minimum absolute atomic E-state index is 0.0253. The molecule has 2 aromatic rings. The molecule has 0 saturated heterocycles. The number of benzene rings is 2. The zero-order valence-electron chi connectivity index (χ0n) is 19.3. The van der Waals surface area contributed by atoms with E-state index in [-0.39, 0.29) is 48.3 Å². The molecule has 0 heterocycles. The molecule has 5 nitrogen and oxygen atoms in total. The Labute approximate surface area is 212 Å². The van der Waals surface area contributed by atoms with Crippen LogP contribution >= 0.6 is 0 Å². The standard InChI is InChI=1S/C24H20F8N2O3S/c25-17-5-7-19(8-6-17)38(36,37)21(12-9-18(10-13-21)34-20(35)11-14-33)15-1-3-16(4-2-15)22(26,23(27,28)29)24(30,31)32/h1-8,18H,9-13H2,(H,34,35)/t18-,21+. The number of nitrogens with zero attached hydrogens (tertiary/aromatic N) is 1. The van der Waals surface area contributed by atoms with E-state index < -0.39 is 62.4 Å². The molecular formula is C24H20F8N2O3S. The third kappa shape index (κ3) is 5.08. The Morgan fingerprint density at radius 2 is 1.42 bits per heavy atom. The van der Waals surface area contributed by atoms with Crippen molar-refractivity contribution in [2.75, 3.05) is 0 Å². The molecule has 1 fully saturated rings. The SMILES string of the molecule is N#CCC(=O)N[C@H]1CC[C@@](c2ccc(C(F)(C(F)(F)F)C(F)(F)F)cc2)(S(=O)(=O)c2ccc(F)cc2)CC1. The summed E-state index contributed by atoms with van der Waals surface area (Å²) in [7, 11) is -4.43. The number of alkyl halides is 7. The Bertz CT molecular complexity index is 1290. The van der Waals surface area contributed by atoms with E-state index in [0.29, 0.717) is 12.1 Å². The van der Waals surface area contributed by atoms with Gasteiger partial charge in [0.15, 0.2) is 9.84 Å². The van der Waals surface area contributed by atoms with Gasteiger partial charge in [-0.15, -0.1) is 0 Å². The summed E-state index contributed by atoms with van der Waals surface area (Å²) < 4.78 is 133. The first kappa shape index (κ1) is 29.3. The minimum atomic E-state index is -6.34. The largest absolute Gasteiger partial charge is 0.435 e. The van der Waals surface area contributed by atoms with E-state index in [1.807, 2.05) is 0 Å². The number of hydrogen-bond donors (Lipinski definition) is 1. The molecule has 0 aliphatic heterocycles. The van der Waals surface area contributed by atoms with Gasteiger partial charge in [-0.05, 0) is 55.5 Å². The molecule has 1 amide bonds. The number of hydrogen-bond acceptors (Lipinski definition) is 4. The summed E-state index contributed by atoms with van der Waals surface area (Å²) in [5, 5.41) is 11.2. The summed E-state index contributed by atoms with van der Waals surface area (Å²) in [6, 6.07) is 6.71. The maximum Gasteiger partial charge on any atom is 0.435 e. The molecule has 0 unspecified atom stereocenters. The molecule has 1 saturated carbocycles. The first-order valence-electron chi connectivity index (χ1n) is 11.1. The third-order valence-corrected chi connectivity index (χ3v) is 9.19. The molecule has 38 heavy (non-hydrogen) atoms. The van der Waals surface area contributed by atoms with Crippen LogP contribution in [0.5, 0.6) is 0 Å². The van der Waals surface area contributed by atoms with Gasteiger partial charge < -0.3 is 5.32 Å². The summed E-state index contributed by atoms with van der Waals surface area (Å²) in [4.78, 5) is 11.4. The fraction of sp³-hybridized carbons (Fsp3) is 0.417. The van der Waals surface area contributed by atoms with Gasteiger partial charge in [-0.25, -0.2) is 17.2 Å². The van der Waals surface area contributed by atoms with E-state index in [2.05, 4.69) is 5.32 Å². The molecule has 14 heteroatoms. The molecule has 0 radical (unpaired) electrons. The van der Waals surface area contributed by atoms with Gasteiger partial charge in [-0.2, -0.15) is 31.6 Å². The van der Waals surface area contributed by atoms with Crippen LogP contribution in [-0.2, 0) is 25.0 Å². The van der Waals surface area contributed by atoms with Gasteiger partial charge >= 0.3 is 18.0 Å². The number of nitrogens with one attached hydrogen (secondary N) is 1. The van der Waals surface area contributed by atoms with Crippen LogP contribution in [0.15, 0.2) is 53.4 Å². The van der Waals surface area contributed by atoms with Gasteiger partial charge in [0.2, 0.25) is 5.91 Å². The number of rotatable bonds is 6. The van der Waals surface area contributed by atoms with Crippen molar-refractivity contribution in [1.29, 1.82) is 5.26 Å². The van der Waals surface area contributed by atoms with Gasteiger partial charge in [0.1, 0.15) is 17.0 Å². The number of carbonyl (C=O) groups is 1. The predicted molar refractivity (Wildman–Crippen MR) is 117 cm³/mol. The third-order valence-electron chi connectivity index (χ3n) is 6.63. The van der Waals surface area contributed by atoms with Crippen LogP contribution < -0.4 is 5.32 Å². The Morgan fingerprint density at radius 1 is 0.921 bits per heavy atom. The molecule has 2 aromatic carbocycles. The molecule has 1 aliphatic carbocycles. The lowest BCUT2D eigenvalue weighted by Crippen LogP contribution is -2.50. The zero-order valence-corrected chi connectivity index (χ0v) is 20.2. The Kier molecular flexibility index (Phi) is 7.85. The van der Waals surface area contributed by atoms with Gasteiger partial charge in [-0.3, -0.25) is 4.79 Å².